The molecule has 1 rings (SSSR count). The zero-order valence-corrected chi connectivity index (χ0v) is 8.48. The summed E-state index contributed by atoms with van der Waals surface area (Å²) in [5.41, 5.74) is 1.74. The highest BCUT2D eigenvalue weighted by atomic mass is 16.3. The Hall–Kier alpha value is -1.63. The van der Waals surface area contributed by atoms with E-state index in [1.54, 1.807) is 12.1 Å². The maximum atomic E-state index is 8.60. The van der Waals surface area contributed by atoms with Crippen LogP contribution in [0.1, 0.15) is 11.1 Å². The van der Waals surface area contributed by atoms with Gasteiger partial charge in [0, 0.05) is 13.1 Å². The van der Waals surface area contributed by atoms with Crippen molar-refractivity contribution in [1.82, 2.24) is 5.32 Å². The first-order valence-electron chi connectivity index (χ1n) is 4.85. The van der Waals surface area contributed by atoms with Crippen molar-refractivity contribution in [1.29, 1.82) is 5.26 Å². The molecule has 0 fully saturated rings. The van der Waals surface area contributed by atoms with Crippen molar-refractivity contribution in [2.75, 3.05) is 19.7 Å². The molecule has 0 saturated carbocycles. The molecule has 3 heteroatoms. The monoisotopic (exact) mass is 202 g/mol. The van der Waals surface area contributed by atoms with Gasteiger partial charge in [0.15, 0.2) is 0 Å². The van der Waals surface area contributed by atoms with Crippen LogP contribution in [0.5, 0.6) is 0 Å². The summed E-state index contributed by atoms with van der Waals surface area (Å²) in [6, 6.07) is 9.47. The molecule has 0 aliphatic rings. The molecule has 0 aliphatic heterocycles. The molecule has 0 atom stereocenters. The largest absolute Gasteiger partial charge is 0.395 e. The van der Waals surface area contributed by atoms with Crippen LogP contribution in [0.3, 0.4) is 0 Å². The molecule has 0 amide bonds. The topological polar surface area (TPSA) is 56.0 Å². The average Bonchev–Trinajstić information content (AvgIpc) is 2.30. The zero-order chi connectivity index (χ0) is 10.9. The molecular formula is C12H14N2O. The van der Waals surface area contributed by atoms with Crippen LogP contribution in [0.4, 0.5) is 0 Å². The number of aliphatic hydroxyl groups is 1. The summed E-state index contributed by atoms with van der Waals surface area (Å²) in [7, 11) is 0. The Morgan fingerprint density at radius 1 is 1.33 bits per heavy atom. The maximum absolute atomic E-state index is 8.60. The minimum absolute atomic E-state index is 0.157. The number of hydrogen-bond acceptors (Lipinski definition) is 3. The molecule has 0 bridgehead atoms. The molecule has 3 nitrogen and oxygen atoms in total. The van der Waals surface area contributed by atoms with Gasteiger partial charge in [-0.2, -0.15) is 5.26 Å². The molecule has 0 aromatic heterocycles. The van der Waals surface area contributed by atoms with Crippen molar-refractivity contribution < 1.29 is 5.11 Å². The van der Waals surface area contributed by atoms with E-state index in [4.69, 9.17) is 10.4 Å². The van der Waals surface area contributed by atoms with E-state index in [1.165, 1.54) is 0 Å². The van der Waals surface area contributed by atoms with E-state index in [0.717, 1.165) is 12.1 Å². The Bertz CT molecular complexity index is 349. The molecule has 0 aliphatic carbocycles. The van der Waals surface area contributed by atoms with Crippen LogP contribution in [0.25, 0.3) is 6.08 Å². The van der Waals surface area contributed by atoms with Crippen molar-refractivity contribution in [3.05, 3.63) is 41.5 Å². The number of rotatable bonds is 5. The molecule has 78 valence electrons. The van der Waals surface area contributed by atoms with Crippen LogP contribution < -0.4 is 5.32 Å². The van der Waals surface area contributed by atoms with Gasteiger partial charge in [0.1, 0.15) is 0 Å². The van der Waals surface area contributed by atoms with Crippen molar-refractivity contribution in [2.45, 2.75) is 0 Å². The summed E-state index contributed by atoms with van der Waals surface area (Å²) in [4.78, 5) is 0. The number of nitriles is 1. The van der Waals surface area contributed by atoms with Crippen LogP contribution in [-0.2, 0) is 0 Å². The van der Waals surface area contributed by atoms with E-state index in [2.05, 4.69) is 11.4 Å². The van der Waals surface area contributed by atoms with Gasteiger partial charge < -0.3 is 10.4 Å². The van der Waals surface area contributed by atoms with Crippen molar-refractivity contribution in [3.8, 4) is 6.07 Å². The Morgan fingerprint density at radius 2 is 2.07 bits per heavy atom. The fraction of sp³-hybridized carbons (Fsp3) is 0.250. The predicted molar refractivity (Wildman–Crippen MR) is 60.1 cm³/mol. The summed E-state index contributed by atoms with van der Waals surface area (Å²) >= 11 is 0. The number of aliphatic hydroxyl groups excluding tert-OH is 1. The molecule has 1 aromatic rings. The number of hydrogen-bond donors (Lipinski definition) is 2. The molecule has 1 aromatic carbocycles. The minimum atomic E-state index is 0.157. The maximum Gasteiger partial charge on any atom is 0.0991 e. The van der Waals surface area contributed by atoms with Gasteiger partial charge in [-0.15, -0.1) is 0 Å². The first kappa shape index (κ1) is 11.4. The molecule has 0 unspecified atom stereocenters. The van der Waals surface area contributed by atoms with Crippen LogP contribution >= 0.6 is 0 Å². The van der Waals surface area contributed by atoms with Gasteiger partial charge >= 0.3 is 0 Å². The summed E-state index contributed by atoms with van der Waals surface area (Å²) < 4.78 is 0. The molecular weight excluding hydrogens is 188 g/mol. The smallest absolute Gasteiger partial charge is 0.0991 e. The molecule has 0 heterocycles. The Morgan fingerprint density at radius 3 is 2.67 bits per heavy atom. The van der Waals surface area contributed by atoms with Gasteiger partial charge in [0.05, 0.1) is 18.2 Å². The highest BCUT2D eigenvalue weighted by Crippen LogP contribution is 2.04. The van der Waals surface area contributed by atoms with Crippen LogP contribution in [0.15, 0.2) is 30.3 Å². The van der Waals surface area contributed by atoms with Gasteiger partial charge in [-0.1, -0.05) is 24.3 Å². The average molecular weight is 202 g/mol. The molecule has 0 saturated heterocycles. The second-order valence-corrected chi connectivity index (χ2v) is 3.06. The number of nitrogens with zero attached hydrogens (tertiary/aromatic N) is 1. The normalized spacial score (nSPS) is 10.4. The van der Waals surface area contributed by atoms with Gasteiger partial charge in [-0.25, -0.2) is 0 Å². The van der Waals surface area contributed by atoms with E-state index in [1.807, 2.05) is 24.3 Å². The van der Waals surface area contributed by atoms with Gasteiger partial charge in [-0.3, -0.25) is 0 Å². The second kappa shape index (κ2) is 6.77. The number of nitrogens with one attached hydrogen (secondary N) is 1. The fourth-order valence-electron chi connectivity index (χ4n) is 1.13. The van der Waals surface area contributed by atoms with E-state index in [9.17, 15) is 0 Å². The Kier molecular flexibility index (Phi) is 5.16. The summed E-state index contributed by atoms with van der Waals surface area (Å²) in [5.74, 6) is 0. The van der Waals surface area contributed by atoms with Crippen LogP contribution in [-0.4, -0.2) is 24.8 Å². The lowest BCUT2D eigenvalue weighted by molar-refractivity contribution is 0.294. The third-order valence-corrected chi connectivity index (χ3v) is 1.90. The second-order valence-electron chi connectivity index (χ2n) is 3.06. The van der Waals surface area contributed by atoms with Crippen molar-refractivity contribution in [2.24, 2.45) is 0 Å². The number of benzene rings is 1. The fourth-order valence-corrected chi connectivity index (χ4v) is 1.13. The Balaban J connectivity index is 2.40. The van der Waals surface area contributed by atoms with Crippen LogP contribution in [0.2, 0.25) is 0 Å². The molecule has 15 heavy (non-hydrogen) atoms. The quantitative estimate of drug-likeness (QED) is 0.704. The van der Waals surface area contributed by atoms with Crippen molar-refractivity contribution in [3.63, 3.8) is 0 Å². The lowest BCUT2D eigenvalue weighted by atomic mass is 10.1. The first-order valence-corrected chi connectivity index (χ1v) is 4.85. The third-order valence-electron chi connectivity index (χ3n) is 1.90. The van der Waals surface area contributed by atoms with E-state index < -0.39 is 0 Å². The molecule has 0 radical (unpaired) electrons. The third kappa shape index (κ3) is 4.41. The van der Waals surface area contributed by atoms with Crippen LogP contribution in [0, 0.1) is 11.3 Å². The Labute approximate surface area is 89.7 Å². The van der Waals surface area contributed by atoms with Gasteiger partial charge in [0.25, 0.3) is 0 Å². The van der Waals surface area contributed by atoms with Crippen molar-refractivity contribution >= 4 is 6.08 Å². The summed E-state index contributed by atoms with van der Waals surface area (Å²) in [5, 5.41) is 20.2. The van der Waals surface area contributed by atoms with E-state index >= 15 is 0 Å². The van der Waals surface area contributed by atoms with E-state index in [0.29, 0.717) is 12.1 Å². The summed E-state index contributed by atoms with van der Waals surface area (Å²) in [6.45, 7) is 1.50. The van der Waals surface area contributed by atoms with Gasteiger partial charge in [0.2, 0.25) is 0 Å². The lowest BCUT2D eigenvalue weighted by Gasteiger charge is -1.96. The first-order chi connectivity index (χ1) is 7.36. The van der Waals surface area contributed by atoms with Gasteiger partial charge in [-0.05, 0) is 17.7 Å². The molecule has 2 N–H and O–H groups in total. The minimum Gasteiger partial charge on any atom is -0.395 e. The standard InChI is InChI=1S/C12H14N2O/c13-10-12-5-3-11(4-6-12)2-1-7-14-8-9-15/h1-6,14-15H,7-9H2/b2-1+. The summed E-state index contributed by atoms with van der Waals surface area (Å²) in [6.07, 6.45) is 3.96. The highest BCUT2D eigenvalue weighted by Gasteiger charge is 1.88. The van der Waals surface area contributed by atoms with E-state index in [-0.39, 0.29) is 6.61 Å². The highest BCUT2D eigenvalue weighted by molar-refractivity contribution is 5.50. The lowest BCUT2D eigenvalue weighted by Crippen LogP contribution is -2.17. The molecule has 0 spiro atoms. The SMILES string of the molecule is N#Cc1ccc(/C=C/CNCCO)cc1. The zero-order valence-electron chi connectivity index (χ0n) is 8.48. The predicted octanol–water partition coefficient (Wildman–Crippen LogP) is 1.15.